The van der Waals surface area contributed by atoms with Crippen molar-refractivity contribution >= 4 is 44.8 Å². The number of halogens is 1. The molecule has 2 N–H and O–H groups in total. The standard InChI is InChI=1S/C25H23ClN2O4S/c1-3-30-25(29)20-11-28-24(27)22-17(14-33-23(20)22)13-32-21-10-19(9-4-15(21)2)31-12-16-5-7-18(26)8-6-16/h4-11,14H,3,12-13H2,1-2H3,(H2,27,28). The van der Waals surface area contributed by atoms with Crippen LogP contribution in [0.2, 0.25) is 5.02 Å². The molecule has 0 spiro atoms. The predicted molar refractivity (Wildman–Crippen MR) is 131 cm³/mol. The zero-order valence-electron chi connectivity index (χ0n) is 18.3. The Balaban J connectivity index is 1.50. The van der Waals surface area contributed by atoms with E-state index in [-0.39, 0.29) is 6.61 Å². The van der Waals surface area contributed by atoms with Crippen LogP contribution in [-0.4, -0.2) is 17.6 Å². The molecule has 0 amide bonds. The fourth-order valence-corrected chi connectivity index (χ4v) is 4.51. The molecule has 0 saturated carbocycles. The van der Waals surface area contributed by atoms with Gasteiger partial charge in [-0.05, 0) is 48.6 Å². The number of rotatable bonds is 8. The third-order valence-corrected chi connectivity index (χ3v) is 6.37. The number of nitrogen functional groups attached to an aromatic ring is 1. The molecular weight excluding hydrogens is 460 g/mol. The minimum atomic E-state index is -0.411. The molecule has 8 heteroatoms. The first-order valence-electron chi connectivity index (χ1n) is 10.4. The molecule has 33 heavy (non-hydrogen) atoms. The zero-order chi connectivity index (χ0) is 23.4. The summed E-state index contributed by atoms with van der Waals surface area (Å²) < 4.78 is 17.9. The monoisotopic (exact) mass is 482 g/mol. The fraction of sp³-hybridized carbons (Fsp3) is 0.200. The number of nitrogens with zero attached hydrogens (tertiary/aromatic N) is 1. The fourth-order valence-electron chi connectivity index (χ4n) is 3.32. The van der Waals surface area contributed by atoms with Gasteiger partial charge in [0.1, 0.15) is 30.5 Å². The van der Waals surface area contributed by atoms with E-state index in [0.717, 1.165) is 26.8 Å². The van der Waals surface area contributed by atoms with Gasteiger partial charge in [0.25, 0.3) is 0 Å². The molecule has 0 aliphatic rings. The normalized spacial score (nSPS) is 10.9. The Bertz CT molecular complexity index is 1290. The molecule has 0 fully saturated rings. The van der Waals surface area contributed by atoms with Gasteiger partial charge >= 0.3 is 5.97 Å². The maximum Gasteiger partial charge on any atom is 0.341 e. The summed E-state index contributed by atoms with van der Waals surface area (Å²) in [5.74, 6) is 1.35. The lowest BCUT2D eigenvalue weighted by molar-refractivity contribution is 0.0528. The second-order valence-electron chi connectivity index (χ2n) is 7.37. The maximum absolute atomic E-state index is 12.3. The number of hydrogen-bond donors (Lipinski definition) is 1. The topological polar surface area (TPSA) is 83.7 Å². The van der Waals surface area contributed by atoms with E-state index in [0.29, 0.717) is 41.1 Å². The third kappa shape index (κ3) is 5.21. The summed E-state index contributed by atoms with van der Waals surface area (Å²) in [6.45, 7) is 4.73. The smallest absolute Gasteiger partial charge is 0.341 e. The Labute approximate surface area is 200 Å². The SMILES string of the molecule is CCOC(=O)c1cnc(N)c2c(COc3cc(OCc4ccc(Cl)cc4)ccc3C)csc12. The molecule has 170 valence electrons. The van der Waals surface area contributed by atoms with Crippen molar-refractivity contribution < 1.29 is 19.0 Å². The first-order valence-corrected chi connectivity index (χ1v) is 11.6. The molecule has 4 aromatic rings. The largest absolute Gasteiger partial charge is 0.489 e. The summed E-state index contributed by atoms with van der Waals surface area (Å²) in [5, 5.41) is 3.34. The Morgan fingerprint density at radius 3 is 2.67 bits per heavy atom. The number of pyridine rings is 1. The second-order valence-corrected chi connectivity index (χ2v) is 8.69. The number of thiophene rings is 1. The lowest BCUT2D eigenvalue weighted by Crippen LogP contribution is -2.07. The quantitative estimate of drug-likeness (QED) is 0.302. The van der Waals surface area contributed by atoms with Gasteiger partial charge in [-0.1, -0.05) is 29.8 Å². The summed E-state index contributed by atoms with van der Waals surface area (Å²) in [6, 6.07) is 13.3. The van der Waals surface area contributed by atoms with Gasteiger partial charge in [0.05, 0.1) is 16.9 Å². The van der Waals surface area contributed by atoms with Crippen LogP contribution in [0.5, 0.6) is 11.5 Å². The predicted octanol–water partition coefficient (Wildman–Crippen LogP) is 6.18. The van der Waals surface area contributed by atoms with Crippen LogP contribution in [0.1, 0.15) is 34.0 Å². The molecule has 2 heterocycles. The van der Waals surface area contributed by atoms with Gasteiger partial charge in [-0.25, -0.2) is 9.78 Å². The van der Waals surface area contributed by atoms with Crippen LogP contribution >= 0.6 is 22.9 Å². The Hall–Kier alpha value is -3.29. The molecule has 6 nitrogen and oxygen atoms in total. The van der Waals surface area contributed by atoms with Crippen LogP contribution in [0, 0.1) is 6.92 Å². The van der Waals surface area contributed by atoms with Gasteiger partial charge in [0.2, 0.25) is 0 Å². The summed E-state index contributed by atoms with van der Waals surface area (Å²) in [6.07, 6.45) is 1.46. The minimum absolute atomic E-state index is 0.277. The number of benzene rings is 2. The van der Waals surface area contributed by atoms with Crippen LogP contribution in [-0.2, 0) is 18.0 Å². The van der Waals surface area contributed by atoms with Crippen molar-refractivity contribution in [1.29, 1.82) is 0 Å². The van der Waals surface area contributed by atoms with E-state index in [4.69, 9.17) is 31.5 Å². The first-order chi connectivity index (χ1) is 16.0. The number of aryl methyl sites for hydroxylation is 1. The number of fused-ring (bicyclic) bond motifs is 1. The van der Waals surface area contributed by atoms with Crippen LogP contribution in [0.15, 0.2) is 54.0 Å². The molecule has 4 rings (SSSR count). The molecule has 0 saturated heterocycles. The molecule has 0 aliphatic carbocycles. The van der Waals surface area contributed by atoms with Gasteiger partial charge in [-0.2, -0.15) is 0 Å². The number of carbonyl (C=O) groups excluding carboxylic acids is 1. The summed E-state index contributed by atoms with van der Waals surface area (Å²) in [4.78, 5) is 16.5. The van der Waals surface area contributed by atoms with Crippen molar-refractivity contribution in [2.45, 2.75) is 27.1 Å². The van der Waals surface area contributed by atoms with Gasteiger partial charge in [-0.3, -0.25) is 0 Å². The van der Waals surface area contributed by atoms with E-state index in [2.05, 4.69) is 4.98 Å². The molecular formula is C25H23ClN2O4S. The minimum Gasteiger partial charge on any atom is -0.489 e. The lowest BCUT2D eigenvalue weighted by Gasteiger charge is -2.12. The van der Waals surface area contributed by atoms with E-state index in [1.807, 2.05) is 54.8 Å². The van der Waals surface area contributed by atoms with Crippen LogP contribution < -0.4 is 15.2 Å². The lowest BCUT2D eigenvalue weighted by atomic mass is 10.1. The Kier molecular flexibility index (Phi) is 7.01. The van der Waals surface area contributed by atoms with Gasteiger partial charge in [0, 0.05) is 28.2 Å². The average molecular weight is 483 g/mol. The van der Waals surface area contributed by atoms with E-state index in [1.54, 1.807) is 6.92 Å². The highest BCUT2D eigenvalue weighted by atomic mass is 35.5. The summed E-state index contributed by atoms with van der Waals surface area (Å²) >= 11 is 7.36. The summed E-state index contributed by atoms with van der Waals surface area (Å²) in [5.41, 5.74) is 9.40. The highest BCUT2D eigenvalue weighted by molar-refractivity contribution is 7.17. The highest BCUT2D eigenvalue weighted by Crippen LogP contribution is 2.34. The van der Waals surface area contributed by atoms with Crippen molar-refractivity contribution in [2.75, 3.05) is 12.3 Å². The number of hydrogen-bond acceptors (Lipinski definition) is 7. The van der Waals surface area contributed by atoms with E-state index >= 15 is 0 Å². The Morgan fingerprint density at radius 2 is 1.91 bits per heavy atom. The van der Waals surface area contributed by atoms with E-state index < -0.39 is 5.97 Å². The van der Waals surface area contributed by atoms with Crippen LogP contribution in [0.4, 0.5) is 5.82 Å². The zero-order valence-corrected chi connectivity index (χ0v) is 19.8. The first kappa shape index (κ1) is 22.9. The molecule has 0 aliphatic heterocycles. The second kappa shape index (κ2) is 10.1. The van der Waals surface area contributed by atoms with Crippen molar-refractivity contribution in [3.05, 3.63) is 81.3 Å². The van der Waals surface area contributed by atoms with Gasteiger partial charge in [0.15, 0.2) is 0 Å². The molecule has 0 bridgehead atoms. The van der Waals surface area contributed by atoms with Crippen LogP contribution in [0.25, 0.3) is 10.1 Å². The van der Waals surface area contributed by atoms with Crippen molar-refractivity contribution in [1.82, 2.24) is 4.98 Å². The average Bonchev–Trinajstić information content (AvgIpc) is 3.24. The summed E-state index contributed by atoms with van der Waals surface area (Å²) in [7, 11) is 0. The van der Waals surface area contributed by atoms with E-state index in [1.165, 1.54) is 17.5 Å². The maximum atomic E-state index is 12.3. The number of aromatic nitrogens is 1. The van der Waals surface area contributed by atoms with Gasteiger partial charge in [-0.15, -0.1) is 11.3 Å². The number of ether oxygens (including phenoxy) is 3. The van der Waals surface area contributed by atoms with Crippen LogP contribution in [0.3, 0.4) is 0 Å². The molecule has 0 unspecified atom stereocenters. The number of carbonyl (C=O) groups is 1. The molecule has 2 aromatic heterocycles. The molecule has 0 atom stereocenters. The van der Waals surface area contributed by atoms with E-state index in [9.17, 15) is 4.79 Å². The Morgan fingerprint density at radius 1 is 1.12 bits per heavy atom. The number of esters is 1. The van der Waals surface area contributed by atoms with Crippen molar-refractivity contribution in [3.8, 4) is 11.5 Å². The highest BCUT2D eigenvalue weighted by Gasteiger charge is 2.18. The third-order valence-electron chi connectivity index (χ3n) is 5.06. The van der Waals surface area contributed by atoms with Gasteiger partial charge < -0.3 is 19.9 Å². The van der Waals surface area contributed by atoms with Crippen molar-refractivity contribution in [2.24, 2.45) is 0 Å². The molecule has 0 radical (unpaired) electrons. The number of nitrogens with two attached hydrogens (primary N) is 1. The van der Waals surface area contributed by atoms with Crippen molar-refractivity contribution in [3.63, 3.8) is 0 Å². The number of anilines is 1. The molecule has 2 aromatic carbocycles.